The first-order valence-electron chi connectivity index (χ1n) is 7.04. The topological polar surface area (TPSA) is 79.5 Å². The average molecular weight is 301 g/mol. The fourth-order valence-electron chi connectivity index (χ4n) is 3.20. The molecule has 1 saturated carbocycles. The largest absolute Gasteiger partial charge is 0.462 e. The van der Waals surface area contributed by atoms with Crippen molar-refractivity contribution >= 4 is 10.0 Å². The molecule has 20 heavy (non-hydrogen) atoms. The molecule has 1 aromatic heterocycles. The van der Waals surface area contributed by atoms with Crippen molar-refractivity contribution < 1.29 is 17.9 Å². The molecule has 0 saturated heterocycles. The summed E-state index contributed by atoms with van der Waals surface area (Å²) in [6.07, 6.45) is 2.89. The third kappa shape index (κ3) is 3.42. The number of aliphatic hydroxyl groups is 1. The van der Waals surface area contributed by atoms with Crippen molar-refractivity contribution in [1.82, 2.24) is 4.72 Å². The van der Waals surface area contributed by atoms with Crippen LogP contribution < -0.4 is 4.72 Å². The predicted molar refractivity (Wildman–Crippen MR) is 75.7 cm³/mol. The lowest BCUT2D eigenvalue weighted by molar-refractivity contribution is 0.244. The van der Waals surface area contributed by atoms with E-state index >= 15 is 0 Å². The van der Waals surface area contributed by atoms with Crippen molar-refractivity contribution in [3.63, 3.8) is 0 Å². The van der Waals surface area contributed by atoms with Gasteiger partial charge in [-0.15, -0.1) is 0 Å². The highest BCUT2D eigenvalue weighted by molar-refractivity contribution is 7.89. The molecule has 1 aliphatic rings. The zero-order valence-corrected chi connectivity index (χ0v) is 13.0. The standard InChI is InChI=1S/C14H23NO4S/c1-9-4-10(2)6-12(5-9)15-20(17,18)14-7-13(8-16)19-11(14)3/h7,9-10,12,15-16H,4-6,8H2,1-3H3. The van der Waals surface area contributed by atoms with Crippen molar-refractivity contribution in [2.75, 3.05) is 0 Å². The highest BCUT2D eigenvalue weighted by Gasteiger charge is 2.29. The van der Waals surface area contributed by atoms with Gasteiger partial charge in [0.15, 0.2) is 0 Å². The summed E-state index contributed by atoms with van der Waals surface area (Å²) < 4.78 is 32.8. The normalized spacial score (nSPS) is 27.7. The molecule has 1 aliphatic carbocycles. The predicted octanol–water partition coefficient (Wildman–Crippen LogP) is 2.18. The van der Waals surface area contributed by atoms with E-state index in [2.05, 4.69) is 18.6 Å². The third-order valence-corrected chi connectivity index (χ3v) is 5.50. The lowest BCUT2D eigenvalue weighted by atomic mass is 9.81. The van der Waals surface area contributed by atoms with Crippen molar-refractivity contribution in [2.45, 2.75) is 57.6 Å². The zero-order chi connectivity index (χ0) is 14.9. The summed E-state index contributed by atoms with van der Waals surface area (Å²) in [5, 5.41) is 9.02. The lowest BCUT2D eigenvalue weighted by Gasteiger charge is -2.31. The monoisotopic (exact) mass is 301 g/mol. The molecular formula is C14H23NO4S. The van der Waals surface area contributed by atoms with Crippen LogP contribution in [-0.4, -0.2) is 19.6 Å². The van der Waals surface area contributed by atoms with Crippen molar-refractivity contribution in [1.29, 1.82) is 0 Å². The molecule has 114 valence electrons. The van der Waals surface area contributed by atoms with E-state index in [1.54, 1.807) is 6.92 Å². The summed E-state index contributed by atoms with van der Waals surface area (Å²) in [7, 11) is -3.58. The van der Waals surface area contributed by atoms with Gasteiger partial charge in [-0.1, -0.05) is 13.8 Å². The van der Waals surface area contributed by atoms with Crippen molar-refractivity contribution in [2.24, 2.45) is 11.8 Å². The van der Waals surface area contributed by atoms with E-state index in [1.165, 1.54) is 6.07 Å². The van der Waals surface area contributed by atoms with Crippen molar-refractivity contribution in [3.05, 3.63) is 17.6 Å². The summed E-state index contributed by atoms with van der Waals surface area (Å²) in [5.74, 6) is 1.65. The van der Waals surface area contributed by atoms with E-state index in [4.69, 9.17) is 9.52 Å². The zero-order valence-electron chi connectivity index (χ0n) is 12.2. The number of hydrogen-bond acceptors (Lipinski definition) is 4. The number of rotatable bonds is 4. The highest BCUT2D eigenvalue weighted by Crippen LogP contribution is 2.30. The maximum absolute atomic E-state index is 12.4. The summed E-state index contributed by atoms with van der Waals surface area (Å²) in [5.41, 5.74) is 0. The number of nitrogens with one attached hydrogen (secondary N) is 1. The number of furan rings is 1. The van der Waals surface area contributed by atoms with Gasteiger partial charge in [-0.2, -0.15) is 0 Å². The maximum atomic E-state index is 12.4. The third-order valence-electron chi connectivity index (χ3n) is 3.87. The molecular weight excluding hydrogens is 278 g/mol. The Morgan fingerprint density at radius 2 is 1.90 bits per heavy atom. The molecule has 2 N–H and O–H groups in total. The van der Waals surface area contributed by atoms with Gasteiger partial charge in [-0.3, -0.25) is 0 Å². The highest BCUT2D eigenvalue weighted by atomic mass is 32.2. The SMILES string of the molecule is Cc1oc(CO)cc1S(=O)(=O)NC1CC(C)CC(C)C1. The lowest BCUT2D eigenvalue weighted by Crippen LogP contribution is -2.40. The van der Waals surface area contributed by atoms with Gasteiger partial charge >= 0.3 is 0 Å². The first-order valence-corrected chi connectivity index (χ1v) is 8.52. The van der Waals surface area contributed by atoms with Crippen molar-refractivity contribution in [3.8, 4) is 0 Å². The number of aryl methyl sites for hydroxylation is 1. The van der Waals surface area contributed by atoms with Gasteiger partial charge in [-0.05, 0) is 38.0 Å². The first kappa shape index (κ1) is 15.5. The smallest absolute Gasteiger partial charge is 0.244 e. The second kappa shape index (κ2) is 5.87. The van der Waals surface area contributed by atoms with Crippen LogP contribution in [0, 0.1) is 18.8 Å². The van der Waals surface area contributed by atoms with Crippen LogP contribution in [0.15, 0.2) is 15.4 Å². The number of hydrogen-bond donors (Lipinski definition) is 2. The van der Waals surface area contributed by atoms with E-state index in [9.17, 15) is 8.42 Å². The molecule has 1 aromatic rings. The quantitative estimate of drug-likeness (QED) is 0.893. The molecule has 2 unspecified atom stereocenters. The van der Waals surface area contributed by atoms with E-state index < -0.39 is 10.0 Å². The Morgan fingerprint density at radius 1 is 1.30 bits per heavy atom. The summed E-state index contributed by atoms with van der Waals surface area (Å²) in [6, 6.07) is 1.37. The van der Waals surface area contributed by atoms with Crippen LogP contribution in [0.2, 0.25) is 0 Å². The minimum Gasteiger partial charge on any atom is -0.462 e. The van der Waals surface area contributed by atoms with E-state index in [0.29, 0.717) is 17.6 Å². The van der Waals surface area contributed by atoms with Gasteiger partial charge in [0.25, 0.3) is 0 Å². The molecule has 2 atom stereocenters. The van der Waals surface area contributed by atoms with Gasteiger partial charge in [0, 0.05) is 12.1 Å². The summed E-state index contributed by atoms with van der Waals surface area (Å²) >= 11 is 0. The van der Waals surface area contributed by atoms with Crippen LogP contribution in [0.5, 0.6) is 0 Å². The molecule has 0 spiro atoms. The molecule has 0 radical (unpaired) electrons. The summed E-state index contributed by atoms with van der Waals surface area (Å²) in [4.78, 5) is 0.132. The molecule has 5 nitrogen and oxygen atoms in total. The van der Waals surface area contributed by atoms with Gasteiger partial charge < -0.3 is 9.52 Å². The van der Waals surface area contributed by atoms with Crippen LogP contribution in [0.3, 0.4) is 0 Å². The Labute approximate surface area is 120 Å². The molecule has 2 rings (SSSR count). The second-order valence-electron chi connectivity index (χ2n) is 6.03. The van der Waals surface area contributed by atoms with Crippen LogP contribution in [0.4, 0.5) is 0 Å². The Kier molecular flexibility index (Phi) is 4.56. The first-order chi connectivity index (χ1) is 9.31. The molecule has 0 aromatic carbocycles. The van der Waals surface area contributed by atoms with Crippen LogP contribution >= 0.6 is 0 Å². The van der Waals surface area contributed by atoms with Gasteiger partial charge in [0.2, 0.25) is 10.0 Å². The van der Waals surface area contributed by atoms with Gasteiger partial charge in [0.05, 0.1) is 0 Å². The van der Waals surface area contributed by atoms with E-state index in [1.807, 2.05) is 0 Å². The molecule has 0 bridgehead atoms. The minimum atomic E-state index is -3.58. The van der Waals surface area contributed by atoms with E-state index in [0.717, 1.165) is 19.3 Å². The Hall–Kier alpha value is -0.850. The fourth-order valence-corrected chi connectivity index (χ4v) is 4.66. The van der Waals surface area contributed by atoms with Crippen LogP contribution in [0.1, 0.15) is 44.6 Å². The minimum absolute atomic E-state index is 0.0226. The molecule has 1 fully saturated rings. The van der Waals surface area contributed by atoms with Crippen LogP contribution in [0.25, 0.3) is 0 Å². The number of sulfonamides is 1. The average Bonchev–Trinajstić information content (AvgIpc) is 2.69. The Balaban J connectivity index is 2.16. The van der Waals surface area contributed by atoms with E-state index in [-0.39, 0.29) is 23.3 Å². The van der Waals surface area contributed by atoms with Crippen LogP contribution in [-0.2, 0) is 16.6 Å². The molecule has 1 heterocycles. The molecule has 0 amide bonds. The molecule has 6 heteroatoms. The Morgan fingerprint density at radius 3 is 2.40 bits per heavy atom. The number of aliphatic hydroxyl groups excluding tert-OH is 1. The Bertz CT molecular complexity index is 554. The fraction of sp³-hybridized carbons (Fsp3) is 0.714. The summed E-state index contributed by atoms with van der Waals surface area (Å²) in [6.45, 7) is 5.61. The molecule has 0 aliphatic heterocycles. The van der Waals surface area contributed by atoms with Gasteiger partial charge in [-0.25, -0.2) is 13.1 Å². The van der Waals surface area contributed by atoms with Gasteiger partial charge in [0.1, 0.15) is 23.0 Å². The second-order valence-corrected chi connectivity index (χ2v) is 7.71. The maximum Gasteiger partial charge on any atom is 0.244 e.